The average Bonchev–Trinajstić information content (AvgIpc) is 3.64. The summed E-state index contributed by atoms with van der Waals surface area (Å²) in [5, 5.41) is 15.9. The number of carbonyl (C=O) groups is 1. The Morgan fingerprint density at radius 2 is 1.95 bits per heavy atom. The molecule has 3 N–H and O–H groups in total. The quantitative estimate of drug-likeness (QED) is 0.330. The van der Waals surface area contributed by atoms with Gasteiger partial charge in [0.1, 0.15) is 5.65 Å². The lowest BCUT2D eigenvalue weighted by atomic mass is 9.98. The highest BCUT2D eigenvalue weighted by atomic mass is 19.1. The van der Waals surface area contributed by atoms with Crippen LogP contribution in [0.5, 0.6) is 0 Å². The van der Waals surface area contributed by atoms with Gasteiger partial charge in [0.05, 0.1) is 33.9 Å². The van der Waals surface area contributed by atoms with E-state index in [-0.39, 0.29) is 18.3 Å². The number of hydrogen-bond acceptors (Lipinski definition) is 4. The Morgan fingerprint density at radius 3 is 2.59 bits per heavy atom. The van der Waals surface area contributed by atoms with Gasteiger partial charge in [0.25, 0.3) is 0 Å². The molecule has 1 fully saturated rings. The molecule has 0 spiro atoms. The van der Waals surface area contributed by atoms with Crippen LogP contribution in [0.15, 0.2) is 41.5 Å². The maximum absolute atomic E-state index is 15.0. The lowest BCUT2D eigenvalue weighted by molar-refractivity contribution is 0.194. The second-order valence-corrected chi connectivity index (χ2v) is 9.60. The summed E-state index contributed by atoms with van der Waals surface area (Å²) in [4.78, 5) is 32.3. The molecular weight excluding hydrogens is 477 g/mol. The zero-order valence-corrected chi connectivity index (χ0v) is 20.5. The predicted octanol–water partition coefficient (Wildman–Crippen LogP) is 4.31. The molecule has 5 aromatic rings. The van der Waals surface area contributed by atoms with E-state index in [1.807, 2.05) is 28.8 Å². The minimum atomic E-state index is -1.10. The summed E-state index contributed by atoms with van der Waals surface area (Å²) in [6, 6.07) is 7.50. The van der Waals surface area contributed by atoms with Crippen molar-refractivity contribution in [2.45, 2.75) is 38.3 Å². The zero-order valence-electron chi connectivity index (χ0n) is 20.5. The number of halogens is 1. The van der Waals surface area contributed by atoms with Crippen molar-refractivity contribution in [3.63, 3.8) is 0 Å². The van der Waals surface area contributed by atoms with Crippen molar-refractivity contribution >= 4 is 28.2 Å². The number of aromatic amines is 1. The molecule has 0 aliphatic heterocycles. The molecule has 1 amide bonds. The first kappa shape index (κ1) is 23.0. The monoisotopic (exact) mass is 503 g/mol. The normalized spacial score (nSPS) is 14.2. The van der Waals surface area contributed by atoms with Gasteiger partial charge in [-0.15, -0.1) is 5.10 Å². The van der Waals surface area contributed by atoms with Gasteiger partial charge in [-0.1, -0.05) is 37.1 Å². The number of aromatic nitrogens is 6. The number of nitrogens with zero attached hydrogens (tertiary/aromatic N) is 5. The third-order valence-electron chi connectivity index (χ3n) is 7.30. The average molecular weight is 504 g/mol. The summed E-state index contributed by atoms with van der Waals surface area (Å²) in [5.74, 6) is -0.616. The number of aryl methyl sites for hydroxylation is 2. The van der Waals surface area contributed by atoms with E-state index in [2.05, 4.69) is 20.4 Å². The van der Waals surface area contributed by atoms with E-state index in [4.69, 9.17) is 5.11 Å². The van der Waals surface area contributed by atoms with Gasteiger partial charge in [0.15, 0.2) is 0 Å². The van der Waals surface area contributed by atoms with E-state index in [9.17, 15) is 14.0 Å². The number of benzene rings is 1. The molecule has 6 rings (SSSR count). The van der Waals surface area contributed by atoms with Gasteiger partial charge in [-0.2, -0.15) is 4.39 Å². The zero-order chi connectivity index (χ0) is 25.8. The SMILES string of the molecule is Cn1cc(-c2[nH]c3ncc4c(c3c2-c2ccc(CNC(=O)O)cc2)n(C2CCCC2)c(=O)n4C)c(F)n1. The Balaban J connectivity index is 1.67. The second kappa shape index (κ2) is 8.61. The smallest absolute Gasteiger partial charge is 0.404 e. The molecule has 37 heavy (non-hydrogen) atoms. The van der Waals surface area contributed by atoms with Crippen molar-refractivity contribution in [3.8, 4) is 22.4 Å². The molecule has 4 aromatic heterocycles. The Morgan fingerprint density at radius 1 is 1.22 bits per heavy atom. The number of amides is 1. The molecule has 190 valence electrons. The standard InChI is InChI=1S/C26H26FN7O3/c1-32-13-17(23(27)31-32)21-19(15-9-7-14(8-10-15)11-29-25(35)36)20-22-18(12-28-24(20)30-21)33(2)26(37)34(22)16-5-3-4-6-16/h7-10,12-13,16,29H,3-6,11H2,1-2H3,(H,28,30)(H,35,36). The molecule has 0 atom stereocenters. The summed E-state index contributed by atoms with van der Waals surface area (Å²) >= 11 is 0. The van der Waals surface area contributed by atoms with Crippen molar-refractivity contribution < 1.29 is 14.3 Å². The van der Waals surface area contributed by atoms with Crippen molar-refractivity contribution in [2.75, 3.05) is 0 Å². The molecule has 0 saturated heterocycles. The number of hydrogen-bond donors (Lipinski definition) is 3. The maximum Gasteiger partial charge on any atom is 0.404 e. The lowest BCUT2D eigenvalue weighted by Crippen LogP contribution is -2.24. The van der Waals surface area contributed by atoms with Crippen LogP contribution in [-0.4, -0.2) is 40.1 Å². The number of imidazole rings is 1. The minimum Gasteiger partial charge on any atom is -0.465 e. The number of carboxylic acid groups (broad SMARTS) is 1. The molecule has 0 bridgehead atoms. The maximum atomic E-state index is 15.0. The van der Waals surface area contributed by atoms with E-state index >= 15 is 0 Å². The van der Waals surface area contributed by atoms with Gasteiger partial charge in [0, 0.05) is 38.4 Å². The number of fused-ring (bicyclic) bond motifs is 3. The highest BCUT2D eigenvalue weighted by molar-refractivity contribution is 6.14. The van der Waals surface area contributed by atoms with Gasteiger partial charge < -0.3 is 15.4 Å². The van der Waals surface area contributed by atoms with Gasteiger partial charge in [-0.3, -0.25) is 13.8 Å². The second-order valence-electron chi connectivity index (χ2n) is 9.60. The van der Waals surface area contributed by atoms with Crippen LogP contribution >= 0.6 is 0 Å². The summed E-state index contributed by atoms with van der Waals surface area (Å²) in [6.45, 7) is 0.166. The molecule has 4 heterocycles. The minimum absolute atomic E-state index is 0.0902. The number of pyridine rings is 1. The van der Waals surface area contributed by atoms with Crippen LogP contribution in [0, 0.1) is 5.95 Å². The predicted molar refractivity (Wildman–Crippen MR) is 137 cm³/mol. The van der Waals surface area contributed by atoms with Crippen LogP contribution in [-0.2, 0) is 20.6 Å². The van der Waals surface area contributed by atoms with E-state index in [0.29, 0.717) is 22.4 Å². The van der Waals surface area contributed by atoms with Crippen LogP contribution in [0.4, 0.5) is 9.18 Å². The molecule has 1 aromatic carbocycles. The number of nitrogens with one attached hydrogen (secondary N) is 2. The summed E-state index contributed by atoms with van der Waals surface area (Å²) in [7, 11) is 3.41. The first-order chi connectivity index (χ1) is 17.8. The summed E-state index contributed by atoms with van der Waals surface area (Å²) < 4.78 is 19.9. The Kier molecular flexibility index (Phi) is 5.36. The molecular formula is C26H26FN7O3. The Hall–Kier alpha value is -4.41. The fraction of sp³-hybridized carbons (Fsp3) is 0.308. The highest BCUT2D eigenvalue weighted by Gasteiger charge is 2.28. The Bertz CT molecular complexity index is 1720. The van der Waals surface area contributed by atoms with E-state index < -0.39 is 12.0 Å². The fourth-order valence-corrected chi connectivity index (χ4v) is 5.57. The van der Waals surface area contributed by atoms with Crippen molar-refractivity contribution in [3.05, 3.63) is 58.7 Å². The summed E-state index contributed by atoms with van der Waals surface area (Å²) in [6.07, 6.45) is 6.20. The van der Waals surface area contributed by atoms with E-state index in [1.165, 1.54) is 4.68 Å². The molecule has 1 saturated carbocycles. The largest absolute Gasteiger partial charge is 0.465 e. The van der Waals surface area contributed by atoms with Gasteiger partial charge in [-0.25, -0.2) is 14.6 Å². The third-order valence-corrected chi connectivity index (χ3v) is 7.30. The first-order valence-electron chi connectivity index (χ1n) is 12.2. The summed E-state index contributed by atoms with van der Waals surface area (Å²) in [5.41, 5.74) is 5.06. The first-order valence-corrected chi connectivity index (χ1v) is 12.2. The van der Waals surface area contributed by atoms with E-state index in [1.54, 1.807) is 31.1 Å². The molecule has 10 nitrogen and oxygen atoms in total. The van der Waals surface area contributed by atoms with Gasteiger partial charge in [0.2, 0.25) is 5.95 Å². The van der Waals surface area contributed by atoms with Crippen molar-refractivity contribution in [2.24, 2.45) is 14.1 Å². The van der Waals surface area contributed by atoms with Gasteiger partial charge in [-0.05, 0) is 24.0 Å². The fourth-order valence-electron chi connectivity index (χ4n) is 5.57. The molecule has 1 aliphatic rings. The molecule has 1 aliphatic carbocycles. The molecule has 0 unspecified atom stereocenters. The lowest BCUT2D eigenvalue weighted by Gasteiger charge is -2.13. The van der Waals surface area contributed by atoms with Gasteiger partial charge >= 0.3 is 11.8 Å². The number of rotatable bonds is 5. The molecule has 11 heteroatoms. The van der Waals surface area contributed by atoms with Crippen LogP contribution in [0.25, 0.3) is 44.5 Å². The highest BCUT2D eigenvalue weighted by Crippen LogP contribution is 2.42. The Labute approximate surface area is 210 Å². The number of H-pyrrole nitrogens is 1. The van der Waals surface area contributed by atoms with Crippen LogP contribution in [0.1, 0.15) is 37.3 Å². The molecule has 0 radical (unpaired) electrons. The van der Waals surface area contributed by atoms with Crippen molar-refractivity contribution in [1.82, 2.24) is 34.2 Å². The van der Waals surface area contributed by atoms with Crippen LogP contribution in [0.3, 0.4) is 0 Å². The van der Waals surface area contributed by atoms with Crippen molar-refractivity contribution in [1.29, 1.82) is 0 Å². The topological polar surface area (TPSA) is 123 Å². The van der Waals surface area contributed by atoms with Crippen LogP contribution < -0.4 is 11.0 Å². The van der Waals surface area contributed by atoms with Crippen LogP contribution in [0.2, 0.25) is 0 Å². The third kappa shape index (κ3) is 3.69. The van der Waals surface area contributed by atoms with E-state index in [0.717, 1.165) is 53.3 Å².